The van der Waals surface area contributed by atoms with E-state index in [1.165, 1.54) is 18.3 Å². The molecule has 0 saturated heterocycles. The maximum absolute atomic E-state index is 13.1. The van der Waals surface area contributed by atoms with Gasteiger partial charge in [-0.3, -0.25) is 9.78 Å². The van der Waals surface area contributed by atoms with Crippen molar-refractivity contribution in [3.05, 3.63) is 53.1 Å². The van der Waals surface area contributed by atoms with Crippen LogP contribution in [0.25, 0.3) is 0 Å². The Hall–Kier alpha value is -2.14. The summed E-state index contributed by atoms with van der Waals surface area (Å²) in [5.41, 5.74) is 0.256. The Balaban J connectivity index is 2.24. The number of anilines is 1. The van der Waals surface area contributed by atoms with Crippen LogP contribution < -0.4 is 5.32 Å². The molecule has 0 unspecified atom stereocenters. The van der Waals surface area contributed by atoms with E-state index in [1.54, 1.807) is 0 Å². The van der Waals surface area contributed by atoms with Crippen LogP contribution in [0, 0.1) is 5.82 Å². The Morgan fingerprint density at radius 1 is 1.39 bits per heavy atom. The highest BCUT2D eigenvalue weighted by molar-refractivity contribution is 6.31. The van der Waals surface area contributed by atoms with Gasteiger partial charge in [-0.2, -0.15) is 0 Å². The van der Waals surface area contributed by atoms with Crippen molar-refractivity contribution in [3.63, 3.8) is 0 Å². The molecule has 2 N–H and O–H groups in total. The topological polar surface area (TPSA) is 62.2 Å². The zero-order valence-electron chi connectivity index (χ0n) is 9.02. The molecule has 1 aromatic heterocycles. The molecular weight excluding hydrogens is 259 g/mol. The lowest BCUT2D eigenvalue weighted by atomic mass is 10.2. The molecule has 0 saturated carbocycles. The Labute approximate surface area is 107 Å². The molecule has 0 atom stereocenters. The maximum Gasteiger partial charge on any atom is 0.259 e. The zero-order chi connectivity index (χ0) is 13.1. The van der Waals surface area contributed by atoms with Gasteiger partial charge in [0.15, 0.2) is 0 Å². The van der Waals surface area contributed by atoms with Crippen molar-refractivity contribution in [3.8, 4) is 5.75 Å². The molecule has 2 aromatic rings. The SMILES string of the molecule is O=C(Nc1cc(F)cc(Cl)c1)c1ccncc1O. The normalized spacial score (nSPS) is 10.1. The van der Waals surface area contributed by atoms with Gasteiger partial charge in [-0.25, -0.2) is 4.39 Å². The smallest absolute Gasteiger partial charge is 0.259 e. The van der Waals surface area contributed by atoms with E-state index in [-0.39, 0.29) is 22.0 Å². The van der Waals surface area contributed by atoms with Crippen molar-refractivity contribution in [2.75, 3.05) is 5.32 Å². The number of benzene rings is 1. The summed E-state index contributed by atoms with van der Waals surface area (Å²) in [6, 6.07) is 5.01. The van der Waals surface area contributed by atoms with Gasteiger partial charge < -0.3 is 10.4 Å². The van der Waals surface area contributed by atoms with E-state index in [9.17, 15) is 14.3 Å². The highest BCUT2D eigenvalue weighted by Gasteiger charge is 2.11. The van der Waals surface area contributed by atoms with Crippen molar-refractivity contribution in [2.45, 2.75) is 0 Å². The molecular formula is C12H8ClFN2O2. The van der Waals surface area contributed by atoms with E-state index < -0.39 is 11.7 Å². The minimum atomic E-state index is -0.573. The second-order valence-corrected chi connectivity index (χ2v) is 3.94. The molecule has 0 bridgehead atoms. The first kappa shape index (κ1) is 12.3. The zero-order valence-corrected chi connectivity index (χ0v) is 9.78. The molecule has 0 spiro atoms. The second kappa shape index (κ2) is 5.01. The number of pyridine rings is 1. The van der Waals surface area contributed by atoms with Crippen LogP contribution in [0.4, 0.5) is 10.1 Å². The number of carbonyl (C=O) groups excluding carboxylic acids is 1. The molecule has 92 valence electrons. The predicted molar refractivity (Wildman–Crippen MR) is 65.3 cm³/mol. The highest BCUT2D eigenvalue weighted by atomic mass is 35.5. The number of halogens is 2. The number of carbonyl (C=O) groups is 1. The molecule has 0 radical (unpaired) electrons. The first-order valence-corrected chi connectivity index (χ1v) is 5.34. The van der Waals surface area contributed by atoms with Crippen molar-refractivity contribution in [1.29, 1.82) is 0 Å². The van der Waals surface area contributed by atoms with Gasteiger partial charge in [0, 0.05) is 16.9 Å². The lowest BCUT2D eigenvalue weighted by molar-refractivity contribution is 0.102. The third-order valence-corrected chi connectivity index (χ3v) is 2.38. The Kier molecular flexibility index (Phi) is 3.43. The number of amides is 1. The van der Waals surface area contributed by atoms with Crippen LogP contribution in [0.2, 0.25) is 5.02 Å². The van der Waals surface area contributed by atoms with Gasteiger partial charge >= 0.3 is 0 Å². The van der Waals surface area contributed by atoms with Gasteiger partial charge in [-0.05, 0) is 24.3 Å². The second-order valence-electron chi connectivity index (χ2n) is 3.51. The number of nitrogens with one attached hydrogen (secondary N) is 1. The quantitative estimate of drug-likeness (QED) is 0.879. The molecule has 18 heavy (non-hydrogen) atoms. The fraction of sp³-hybridized carbons (Fsp3) is 0. The monoisotopic (exact) mass is 266 g/mol. The highest BCUT2D eigenvalue weighted by Crippen LogP contribution is 2.20. The van der Waals surface area contributed by atoms with Gasteiger partial charge in [0.1, 0.15) is 11.6 Å². The van der Waals surface area contributed by atoms with E-state index in [4.69, 9.17) is 11.6 Å². The van der Waals surface area contributed by atoms with Crippen LogP contribution in [0.15, 0.2) is 36.7 Å². The molecule has 1 heterocycles. The first-order valence-electron chi connectivity index (χ1n) is 4.96. The van der Waals surface area contributed by atoms with Crippen LogP contribution in [-0.2, 0) is 0 Å². The van der Waals surface area contributed by atoms with Gasteiger partial charge in [0.2, 0.25) is 0 Å². The third kappa shape index (κ3) is 2.75. The third-order valence-electron chi connectivity index (χ3n) is 2.17. The van der Waals surface area contributed by atoms with Gasteiger partial charge in [-0.15, -0.1) is 0 Å². The molecule has 6 heteroatoms. The summed E-state index contributed by atoms with van der Waals surface area (Å²) in [4.78, 5) is 15.4. The van der Waals surface area contributed by atoms with E-state index in [2.05, 4.69) is 10.3 Å². The maximum atomic E-state index is 13.1. The van der Waals surface area contributed by atoms with Crippen LogP contribution in [0.1, 0.15) is 10.4 Å². The lowest BCUT2D eigenvalue weighted by Crippen LogP contribution is -2.12. The Bertz CT molecular complexity index is 584. The van der Waals surface area contributed by atoms with Crippen molar-refractivity contribution < 1.29 is 14.3 Å². The minimum Gasteiger partial charge on any atom is -0.505 e. The van der Waals surface area contributed by atoms with E-state index in [0.717, 1.165) is 18.3 Å². The summed E-state index contributed by atoms with van der Waals surface area (Å²) in [5, 5.41) is 12.0. The van der Waals surface area contributed by atoms with Crippen LogP contribution in [0.3, 0.4) is 0 Å². The average molecular weight is 267 g/mol. The number of hydrogen-bond acceptors (Lipinski definition) is 3. The molecule has 0 aliphatic carbocycles. The molecule has 0 fully saturated rings. The summed E-state index contributed by atoms with van der Waals surface area (Å²) in [6.45, 7) is 0. The number of aromatic hydroxyl groups is 1. The van der Waals surface area contributed by atoms with Crippen LogP contribution in [0.5, 0.6) is 5.75 Å². The van der Waals surface area contributed by atoms with Crippen LogP contribution >= 0.6 is 11.6 Å². The summed E-state index contributed by atoms with van der Waals surface area (Å²) >= 11 is 5.66. The number of nitrogens with zero attached hydrogens (tertiary/aromatic N) is 1. The fourth-order valence-corrected chi connectivity index (χ4v) is 1.62. The molecule has 0 aliphatic heterocycles. The average Bonchev–Trinajstić information content (AvgIpc) is 2.27. The Morgan fingerprint density at radius 2 is 2.17 bits per heavy atom. The van der Waals surface area contributed by atoms with Gasteiger partial charge in [0.25, 0.3) is 5.91 Å². The standard InChI is InChI=1S/C12H8ClFN2O2/c13-7-3-8(14)5-9(4-7)16-12(18)10-1-2-15-6-11(10)17/h1-6,17H,(H,16,18). The summed E-state index contributed by atoms with van der Waals surface area (Å²) < 4.78 is 13.1. The summed E-state index contributed by atoms with van der Waals surface area (Å²) in [5.74, 6) is -1.38. The summed E-state index contributed by atoms with van der Waals surface area (Å²) in [7, 11) is 0. The Morgan fingerprint density at radius 3 is 2.83 bits per heavy atom. The molecule has 4 nitrogen and oxygen atoms in total. The fourth-order valence-electron chi connectivity index (χ4n) is 1.40. The molecule has 1 aromatic carbocycles. The van der Waals surface area contributed by atoms with E-state index in [1.807, 2.05) is 0 Å². The number of aromatic nitrogens is 1. The predicted octanol–water partition coefficient (Wildman–Crippen LogP) is 2.83. The van der Waals surface area contributed by atoms with Crippen molar-refractivity contribution in [2.24, 2.45) is 0 Å². The van der Waals surface area contributed by atoms with Crippen molar-refractivity contribution >= 4 is 23.2 Å². The molecule has 0 aliphatic rings. The lowest BCUT2D eigenvalue weighted by Gasteiger charge is -2.06. The minimum absolute atomic E-state index is 0.0467. The summed E-state index contributed by atoms with van der Waals surface area (Å²) in [6.07, 6.45) is 2.51. The van der Waals surface area contributed by atoms with E-state index >= 15 is 0 Å². The molecule has 2 rings (SSSR count). The first-order chi connectivity index (χ1) is 8.56. The van der Waals surface area contributed by atoms with Crippen molar-refractivity contribution in [1.82, 2.24) is 4.98 Å². The van der Waals surface area contributed by atoms with Crippen LogP contribution in [-0.4, -0.2) is 16.0 Å². The number of rotatable bonds is 2. The van der Waals surface area contributed by atoms with E-state index in [0.29, 0.717) is 0 Å². The number of hydrogen-bond donors (Lipinski definition) is 2. The van der Waals surface area contributed by atoms with Gasteiger partial charge in [0.05, 0.1) is 11.8 Å². The largest absolute Gasteiger partial charge is 0.505 e. The van der Waals surface area contributed by atoms with Gasteiger partial charge in [-0.1, -0.05) is 11.6 Å². The molecule has 1 amide bonds.